The van der Waals surface area contributed by atoms with Crippen molar-refractivity contribution in [2.75, 3.05) is 6.54 Å². The second-order valence-corrected chi connectivity index (χ2v) is 5.38. The Balaban J connectivity index is 1.75. The van der Waals surface area contributed by atoms with Crippen LogP contribution in [0.4, 0.5) is 13.2 Å². The van der Waals surface area contributed by atoms with E-state index in [1.165, 1.54) is 23.7 Å². The van der Waals surface area contributed by atoms with Gasteiger partial charge in [0, 0.05) is 18.8 Å². The largest absolute Gasteiger partial charge is 0.435 e. The van der Waals surface area contributed by atoms with E-state index in [0.717, 1.165) is 24.8 Å². The van der Waals surface area contributed by atoms with Gasteiger partial charge in [0.1, 0.15) is 0 Å². The monoisotopic (exact) mass is 275 g/mol. The molecule has 1 aromatic rings. The minimum Gasteiger partial charge on any atom is -0.312 e. The molecule has 2 atom stereocenters. The highest BCUT2D eigenvalue weighted by atomic mass is 19.4. The lowest BCUT2D eigenvalue weighted by molar-refractivity contribution is -0.141. The normalized spacial score (nSPS) is 24.6. The molecule has 1 aliphatic carbocycles. The summed E-state index contributed by atoms with van der Waals surface area (Å²) in [7, 11) is 0. The molecule has 1 N–H and O–H groups in total. The molecular weight excluding hydrogens is 255 g/mol. The Morgan fingerprint density at radius 3 is 2.84 bits per heavy atom. The fraction of sp³-hybridized carbons (Fsp3) is 0.769. The Morgan fingerprint density at radius 2 is 2.21 bits per heavy atom. The fourth-order valence-electron chi connectivity index (χ4n) is 2.64. The summed E-state index contributed by atoms with van der Waals surface area (Å²) >= 11 is 0. The highest BCUT2D eigenvalue weighted by molar-refractivity contribution is 5.03. The number of hydrogen-bond acceptors (Lipinski definition) is 2. The molecule has 0 aliphatic heterocycles. The van der Waals surface area contributed by atoms with E-state index in [1.807, 2.05) is 0 Å². The van der Waals surface area contributed by atoms with Gasteiger partial charge < -0.3 is 5.32 Å². The van der Waals surface area contributed by atoms with E-state index in [-0.39, 0.29) is 0 Å². The van der Waals surface area contributed by atoms with Gasteiger partial charge in [-0.05, 0) is 24.8 Å². The Kier molecular flexibility index (Phi) is 4.50. The molecule has 1 heterocycles. The highest BCUT2D eigenvalue weighted by Crippen LogP contribution is 2.27. The Bertz CT molecular complexity index is 400. The molecule has 0 radical (unpaired) electrons. The van der Waals surface area contributed by atoms with Gasteiger partial charge in [0.05, 0.1) is 6.54 Å². The fourth-order valence-corrected chi connectivity index (χ4v) is 2.64. The number of rotatable bonds is 4. The second-order valence-electron chi connectivity index (χ2n) is 5.38. The molecule has 0 aromatic carbocycles. The Hall–Kier alpha value is -1.04. The summed E-state index contributed by atoms with van der Waals surface area (Å²) in [6.07, 6.45) is 1.88. The minimum atomic E-state index is -4.35. The topological polar surface area (TPSA) is 29.9 Å². The Morgan fingerprint density at radius 1 is 1.42 bits per heavy atom. The van der Waals surface area contributed by atoms with Crippen molar-refractivity contribution in [3.05, 3.63) is 18.0 Å². The maximum absolute atomic E-state index is 12.4. The lowest BCUT2D eigenvalue weighted by atomic mass is 9.87. The van der Waals surface area contributed by atoms with Gasteiger partial charge in [-0.1, -0.05) is 19.8 Å². The van der Waals surface area contributed by atoms with Crippen LogP contribution in [0.1, 0.15) is 38.3 Å². The van der Waals surface area contributed by atoms with Crippen LogP contribution in [0.3, 0.4) is 0 Å². The van der Waals surface area contributed by atoms with Crippen molar-refractivity contribution < 1.29 is 13.2 Å². The number of nitrogens with zero attached hydrogens (tertiary/aromatic N) is 2. The molecule has 3 nitrogen and oxygen atoms in total. The first-order valence-corrected chi connectivity index (χ1v) is 6.79. The van der Waals surface area contributed by atoms with Crippen LogP contribution < -0.4 is 5.32 Å². The van der Waals surface area contributed by atoms with E-state index in [4.69, 9.17) is 0 Å². The van der Waals surface area contributed by atoms with Crippen molar-refractivity contribution in [3.8, 4) is 0 Å². The summed E-state index contributed by atoms with van der Waals surface area (Å²) in [5, 5.41) is 6.94. The van der Waals surface area contributed by atoms with Gasteiger partial charge in [0.15, 0.2) is 5.69 Å². The maximum Gasteiger partial charge on any atom is 0.435 e. The number of alkyl halides is 3. The molecule has 2 unspecified atom stereocenters. The molecule has 6 heteroatoms. The molecule has 19 heavy (non-hydrogen) atoms. The van der Waals surface area contributed by atoms with E-state index in [9.17, 15) is 13.2 Å². The minimum absolute atomic E-state index is 0.473. The predicted octanol–water partition coefficient (Wildman–Crippen LogP) is 3.07. The first-order valence-electron chi connectivity index (χ1n) is 6.79. The standard InChI is InChI=1S/C13H20F3N3/c1-10-3-2-4-11(9-10)17-6-8-19-7-5-12(18-19)13(14,15)16/h5,7,10-11,17H,2-4,6,8-9H2,1H3. The molecule has 2 rings (SSSR count). The lowest BCUT2D eigenvalue weighted by Gasteiger charge is -2.27. The van der Waals surface area contributed by atoms with Gasteiger partial charge in [0.2, 0.25) is 0 Å². The van der Waals surface area contributed by atoms with Crippen LogP contribution in [0, 0.1) is 5.92 Å². The van der Waals surface area contributed by atoms with Crippen LogP contribution in [-0.2, 0) is 12.7 Å². The summed E-state index contributed by atoms with van der Waals surface area (Å²) in [5.41, 5.74) is -0.821. The van der Waals surface area contributed by atoms with E-state index >= 15 is 0 Å². The zero-order valence-electron chi connectivity index (χ0n) is 11.1. The molecule has 1 saturated carbocycles. The number of hydrogen-bond donors (Lipinski definition) is 1. The van der Waals surface area contributed by atoms with Crippen LogP contribution in [0.5, 0.6) is 0 Å². The first-order chi connectivity index (χ1) is 8.95. The average molecular weight is 275 g/mol. The maximum atomic E-state index is 12.4. The van der Waals surface area contributed by atoms with Gasteiger partial charge in [-0.25, -0.2) is 0 Å². The number of halogens is 3. The second kappa shape index (κ2) is 5.94. The van der Waals surface area contributed by atoms with Crippen LogP contribution in [0.2, 0.25) is 0 Å². The van der Waals surface area contributed by atoms with Crippen molar-refractivity contribution in [2.24, 2.45) is 5.92 Å². The summed E-state index contributed by atoms with van der Waals surface area (Å²) in [6, 6.07) is 1.52. The molecule has 0 amide bonds. The number of aromatic nitrogens is 2. The van der Waals surface area contributed by atoms with Crippen LogP contribution in [0.15, 0.2) is 12.3 Å². The summed E-state index contributed by atoms with van der Waals surface area (Å²) in [5.74, 6) is 0.743. The smallest absolute Gasteiger partial charge is 0.312 e. The summed E-state index contributed by atoms with van der Waals surface area (Å²) in [6.45, 7) is 3.38. The van der Waals surface area contributed by atoms with Crippen molar-refractivity contribution in [1.82, 2.24) is 15.1 Å². The van der Waals surface area contributed by atoms with E-state index < -0.39 is 11.9 Å². The molecule has 0 spiro atoms. The molecular formula is C13H20F3N3. The van der Waals surface area contributed by atoms with Gasteiger partial charge >= 0.3 is 6.18 Å². The van der Waals surface area contributed by atoms with E-state index in [0.29, 0.717) is 19.1 Å². The summed E-state index contributed by atoms with van der Waals surface area (Å²) in [4.78, 5) is 0. The van der Waals surface area contributed by atoms with E-state index in [1.54, 1.807) is 0 Å². The third-order valence-corrected chi connectivity index (χ3v) is 3.64. The zero-order chi connectivity index (χ0) is 13.9. The van der Waals surface area contributed by atoms with Gasteiger partial charge in [-0.15, -0.1) is 0 Å². The summed E-state index contributed by atoms with van der Waals surface area (Å²) < 4.78 is 38.4. The average Bonchev–Trinajstić information content (AvgIpc) is 2.77. The molecule has 1 aromatic heterocycles. The van der Waals surface area contributed by atoms with Gasteiger partial charge in [0.25, 0.3) is 0 Å². The van der Waals surface area contributed by atoms with Crippen molar-refractivity contribution in [3.63, 3.8) is 0 Å². The van der Waals surface area contributed by atoms with Gasteiger partial charge in [-0.2, -0.15) is 18.3 Å². The van der Waals surface area contributed by atoms with Crippen LogP contribution in [0.25, 0.3) is 0 Å². The highest BCUT2D eigenvalue weighted by Gasteiger charge is 2.33. The lowest BCUT2D eigenvalue weighted by Crippen LogP contribution is -2.35. The molecule has 1 fully saturated rings. The van der Waals surface area contributed by atoms with Gasteiger partial charge in [-0.3, -0.25) is 4.68 Å². The molecule has 0 bridgehead atoms. The zero-order valence-corrected chi connectivity index (χ0v) is 11.1. The molecule has 1 aliphatic rings. The van der Waals surface area contributed by atoms with Crippen LogP contribution >= 0.6 is 0 Å². The SMILES string of the molecule is CC1CCCC(NCCn2ccc(C(F)(F)F)n2)C1. The third-order valence-electron chi connectivity index (χ3n) is 3.64. The van der Waals surface area contributed by atoms with Crippen molar-refractivity contribution >= 4 is 0 Å². The van der Waals surface area contributed by atoms with E-state index in [2.05, 4.69) is 17.3 Å². The predicted molar refractivity (Wildman–Crippen MR) is 66.7 cm³/mol. The molecule has 108 valence electrons. The van der Waals surface area contributed by atoms with Crippen molar-refractivity contribution in [2.45, 2.75) is 51.4 Å². The first kappa shape index (κ1) is 14.4. The van der Waals surface area contributed by atoms with Crippen LogP contribution in [-0.4, -0.2) is 22.4 Å². The quantitative estimate of drug-likeness (QED) is 0.915. The number of nitrogens with one attached hydrogen (secondary N) is 1. The van der Waals surface area contributed by atoms with Crippen molar-refractivity contribution in [1.29, 1.82) is 0 Å². The Labute approximate surface area is 111 Å². The molecule has 0 saturated heterocycles. The third kappa shape index (κ3) is 4.23.